The molecule has 4 aromatic rings. The average molecular weight is 456 g/mol. The van der Waals surface area contributed by atoms with Gasteiger partial charge in [-0.1, -0.05) is 58.5 Å². The van der Waals surface area contributed by atoms with Crippen molar-refractivity contribution in [2.45, 2.75) is 0 Å². The van der Waals surface area contributed by atoms with Crippen LogP contribution < -0.4 is 5.32 Å². The van der Waals surface area contributed by atoms with E-state index in [1.54, 1.807) is 23.0 Å². The summed E-state index contributed by atoms with van der Waals surface area (Å²) in [6.07, 6.45) is 1.59. The van der Waals surface area contributed by atoms with E-state index in [0.29, 0.717) is 15.2 Å². The van der Waals surface area contributed by atoms with Gasteiger partial charge in [0.2, 0.25) is 0 Å². The third-order valence-corrected chi connectivity index (χ3v) is 6.02. The normalized spacial score (nSPS) is 11.0. The minimum Gasteiger partial charge on any atom is -0.331 e. The van der Waals surface area contributed by atoms with Crippen molar-refractivity contribution in [3.05, 3.63) is 74.5 Å². The smallest absolute Gasteiger partial charge is 0.187 e. The molecule has 0 aliphatic rings. The quantitative estimate of drug-likeness (QED) is 0.349. The molecule has 9 heteroatoms. The second-order valence-corrected chi connectivity index (χ2v) is 7.92. The highest BCUT2D eigenvalue weighted by Gasteiger charge is 2.10. The molecular weight excluding hydrogens is 446 g/mol. The zero-order valence-corrected chi connectivity index (χ0v) is 17.3. The van der Waals surface area contributed by atoms with Crippen LogP contribution in [0.5, 0.6) is 0 Å². The molecule has 4 nitrogen and oxygen atoms in total. The molecule has 0 aliphatic carbocycles. The third kappa shape index (κ3) is 3.93. The van der Waals surface area contributed by atoms with Crippen LogP contribution in [0.4, 0.5) is 10.8 Å². The van der Waals surface area contributed by atoms with Crippen LogP contribution in [0, 0.1) is 0 Å². The van der Waals surface area contributed by atoms with Crippen LogP contribution in [0.3, 0.4) is 0 Å². The Hall–Kier alpha value is -1.76. The summed E-state index contributed by atoms with van der Waals surface area (Å²) in [5, 5.41) is 7.64. The topological polar surface area (TPSA) is 42.7 Å². The van der Waals surface area contributed by atoms with Crippen LogP contribution in [0.15, 0.2) is 54.2 Å². The molecule has 0 atom stereocenters. The monoisotopic (exact) mass is 454 g/mol. The first-order valence-corrected chi connectivity index (χ1v) is 10.1. The lowest BCUT2D eigenvalue weighted by atomic mass is 10.1. The molecule has 0 radical (unpaired) electrons. The van der Waals surface area contributed by atoms with E-state index < -0.39 is 0 Å². The summed E-state index contributed by atoms with van der Waals surface area (Å²) in [5.41, 5.74) is 3.54. The van der Waals surface area contributed by atoms with Gasteiger partial charge in [0.05, 0.1) is 15.7 Å². The minimum atomic E-state index is 0.276. The van der Waals surface area contributed by atoms with Crippen LogP contribution in [0.2, 0.25) is 20.4 Å². The SMILES string of the molecule is Clc1ccc(Nc2nc(-c3ccc(-n4cnc(Cl)c4Cl)cc3)cs2)cc1Cl. The Morgan fingerprint density at radius 3 is 2.37 bits per heavy atom. The number of aromatic nitrogens is 3. The van der Waals surface area contributed by atoms with Crippen molar-refractivity contribution in [1.29, 1.82) is 0 Å². The summed E-state index contributed by atoms with van der Waals surface area (Å²) < 4.78 is 1.71. The molecule has 2 heterocycles. The summed E-state index contributed by atoms with van der Waals surface area (Å²) in [7, 11) is 0. The van der Waals surface area contributed by atoms with Gasteiger partial charge in [0.15, 0.2) is 15.4 Å². The maximum atomic E-state index is 6.13. The lowest BCUT2D eigenvalue weighted by Crippen LogP contribution is -1.92. The van der Waals surface area contributed by atoms with E-state index >= 15 is 0 Å². The molecule has 136 valence electrons. The van der Waals surface area contributed by atoms with Gasteiger partial charge in [0.25, 0.3) is 0 Å². The molecule has 0 bridgehead atoms. The van der Waals surface area contributed by atoms with Gasteiger partial charge in [-0.15, -0.1) is 11.3 Å². The zero-order valence-electron chi connectivity index (χ0n) is 13.5. The van der Waals surface area contributed by atoms with Gasteiger partial charge < -0.3 is 5.32 Å². The molecule has 0 aliphatic heterocycles. The van der Waals surface area contributed by atoms with E-state index in [0.717, 1.165) is 27.8 Å². The van der Waals surface area contributed by atoms with Crippen molar-refractivity contribution in [3.63, 3.8) is 0 Å². The van der Waals surface area contributed by atoms with E-state index in [9.17, 15) is 0 Å². The number of halogens is 4. The van der Waals surface area contributed by atoms with Crippen molar-refractivity contribution < 1.29 is 0 Å². The van der Waals surface area contributed by atoms with E-state index in [2.05, 4.69) is 15.3 Å². The highest BCUT2D eigenvalue weighted by Crippen LogP contribution is 2.31. The predicted molar refractivity (Wildman–Crippen MR) is 114 cm³/mol. The van der Waals surface area contributed by atoms with Crippen LogP contribution in [0.25, 0.3) is 16.9 Å². The van der Waals surface area contributed by atoms with Gasteiger partial charge in [-0.3, -0.25) is 4.57 Å². The molecule has 4 rings (SSSR count). The summed E-state index contributed by atoms with van der Waals surface area (Å²) in [6, 6.07) is 13.2. The maximum absolute atomic E-state index is 6.13. The number of nitrogens with zero attached hydrogens (tertiary/aromatic N) is 3. The summed E-state index contributed by atoms with van der Waals surface area (Å²) in [6.45, 7) is 0. The number of benzene rings is 2. The fourth-order valence-electron chi connectivity index (χ4n) is 2.45. The molecule has 2 aromatic heterocycles. The van der Waals surface area contributed by atoms with Gasteiger partial charge in [0.1, 0.15) is 6.33 Å². The van der Waals surface area contributed by atoms with Crippen molar-refractivity contribution >= 4 is 68.6 Å². The lowest BCUT2D eigenvalue weighted by molar-refractivity contribution is 1.06. The van der Waals surface area contributed by atoms with Crippen molar-refractivity contribution in [2.75, 3.05) is 5.32 Å². The van der Waals surface area contributed by atoms with Crippen molar-refractivity contribution in [2.24, 2.45) is 0 Å². The molecule has 2 aromatic carbocycles. The second-order valence-electron chi connectivity index (χ2n) is 5.53. The Kier molecular flexibility index (Phi) is 5.30. The Morgan fingerprint density at radius 1 is 0.926 bits per heavy atom. The molecule has 27 heavy (non-hydrogen) atoms. The summed E-state index contributed by atoms with van der Waals surface area (Å²) in [5.74, 6) is 0. The van der Waals surface area contributed by atoms with Crippen LogP contribution in [-0.4, -0.2) is 14.5 Å². The highest BCUT2D eigenvalue weighted by atomic mass is 35.5. The second kappa shape index (κ2) is 7.70. The fourth-order valence-corrected chi connectivity index (χ4v) is 3.81. The number of nitrogens with one attached hydrogen (secondary N) is 1. The molecule has 0 amide bonds. The van der Waals surface area contributed by atoms with E-state index in [1.807, 2.05) is 35.7 Å². The fraction of sp³-hybridized carbons (Fsp3) is 0. The van der Waals surface area contributed by atoms with Gasteiger partial charge in [-0.25, -0.2) is 9.97 Å². The molecule has 0 spiro atoms. The Morgan fingerprint density at radius 2 is 1.70 bits per heavy atom. The number of hydrogen-bond donors (Lipinski definition) is 1. The molecule has 0 unspecified atom stereocenters. The largest absolute Gasteiger partial charge is 0.331 e. The Labute approximate surface area is 179 Å². The third-order valence-electron chi connectivity index (χ3n) is 3.78. The van der Waals surface area contributed by atoms with Crippen LogP contribution in [-0.2, 0) is 0 Å². The van der Waals surface area contributed by atoms with E-state index in [1.165, 1.54) is 11.3 Å². The summed E-state index contributed by atoms with van der Waals surface area (Å²) in [4.78, 5) is 8.60. The first-order chi connectivity index (χ1) is 13.0. The van der Waals surface area contributed by atoms with Gasteiger partial charge in [0, 0.05) is 22.3 Å². The van der Waals surface area contributed by atoms with Gasteiger partial charge in [-0.05, 0) is 30.3 Å². The highest BCUT2D eigenvalue weighted by molar-refractivity contribution is 7.14. The van der Waals surface area contributed by atoms with E-state index in [-0.39, 0.29) is 5.15 Å². The Bertz CT molecular complexity index is 1110. The molecule has 0 saturated carbocycles. The number of imidazole rings is 1. The predicted octanol–water partition coefficient (Wildman–Crippen LogP) is 7.35. The number of thiazole rings is 1. The van der Waals surface area contributed by atoms with Crippen molar-refractivity contribution in [3.8, 4) is 16.9 Å². The first kappa shape index (κ1) is 18.6. The van der Waals surface area contributed by atoms with Crippen molar-refractivity contribution in [1.82, 2.24) is 14.5 Å². The minimum absolute atomic E-state index is 0.276. The zero-order chi connectivity index (χ0) is 19.0. The first-order valence-electron chi connectivity index (χ1n) is 7.68. The lowest BCUT2D eigenvalue weighted by Gasteiger charge is -2.05. The molecular formula is C18H10Cl4N4S. The average Bonchev–Trinajstić information content (AvgIpc) is 3.26. The van der Waals surface area contributed by atoms with Gasteiger partial charge >= 0.3 is 0 Å². The standard InChI is InChI=1S/C18H10Cl4N4S/c19-13-6-3-11(7-14(13)20)24-18-25-15(8-27-18)10-1-4-12(5-2-10)26-9-23-16(21)17(26)22/h1-9H,(H,24,25). The number of rotatable bonds is 4. The summed E-state index contributed by atoms with van der Waals surface area (Å²) >= 11 is 25.5. The van der Waals surface area contributed by atoms with Crippen LogP contribution in [0.1, 0.15) is 0 Å². The number of anilines is 2. The molecule has 1 N–H and O–H groups in total. The van der Waals surface area contributed by atoms with Gasteiger partial charge in [-0.2, -0.15) is 0 Å². The number of hydrogen-bond acceptors (Lipinski definition) is 4. The van der Waals surface area contributed by atoms with E-state index in [4.69, 9.17) is 46.4 Å². The molecule has 0 saturated heterocycles. The maximum Gasteiger partial charge on any atom is 0.187 e. The molecule has 0 fully saturated rings. The Balaban J connectivity index is 1.54. The van der Waals surface area contributed by atoms with Crippen LogP contribution >= 0.6 is 57.7 Å².